The van der Waals surface area contributed by atoms with Gasteiger partial charge in [0.15, 0.2) is 0 Å². The molecule has 5 N–H and O–H groups in total. The fourth-order valence-electron chi connectivity index (χ4n) is 2.71. The number of nitrogens with two attached hydrogens (primary N) is 1. The van der Waals surface area contributed by atoms with Gasteiger partial charge in [0.25, 0.3) is 0 Å². The molecule has 7 heteroatoms. The number of para-hydroxylation sites is 1. The monoisotopic (exact) mass is 358 g/mol. The number of ether oxygens (including phenoxy) is 1. The Morgan fingerprint density at radius 1 is 1.23 bits per heavy atom. The molecule has 3 rings (SSSR count). The van der Waals surface area contributed by atoms with Crippen LogP contribution in [0.5, 0.6) is 11.5 Å². The maximum atomic E-state index is 12.5. The Balaban J connectivity index is 1.78. The first-order valence-electron chi connectivity index (χ1n) is 8.50. The molecule has 0 spiro atoms. The molecule has 0 bridgehead atoms. The number of benzene rings is 2. The summed E-state index contributed by atoms with van der Waals surface area (Å²) in [5, 5.41) is 23.7. The lowest BCUT2D eigenvalue weighted by Crippen LogP contribution is -2.32. The molecular weight excluding hydrogens is 336 g/mol. The van der Waals surface area contributed by atoms with Crippen molar-refractivity contribution in [2.75, 3.05) is 26.2 Å². The van der Waals surface area contributed by atoms with Crippen molar-refractivity contribution in [3.8, 4) is 11.5 Å². The number of phenols is 1. The summed E-state index contributed by atoms with van der Waals surface area (Å²) in [7, 11) is 0. The molecule has 3 aromatic rings. The first-order valence-corrected chi connectivity index (χ1v) is 8.50. The first-order chi connectivity index (χ1) is 12.6. The second kappa shape index (κ2) is 8.18. The number of hydrogen-bond acceptors (Lipinski definition) is 7. The first kappa shape index (κ1) is 18.2. The standard InChI is InChI=1S/C19H22N2O5/c20-6-3-7-21-10-12(22)11-25-13-8-15(23)18-17(9-13)26-16-5-2-1-4-14(16)19(18)24/h1-2,4-5,8-9,12,21-23H,3,6-7,10-11,20H2. The third-order valence-electron chi connectivity index (χ3n) is 4.01. The van der Waals surface area contributed by atoms with Gasteiger partial charge in [0, 0.05) is 18.7 Å². The van der Waals surface area contributed by atoms with Crippen LogP contribution in [-0.4, -0.2) is 42.6 Å². The van der Waals surface area contributed by atoms with Gasteiger partial charge in [0.05, 0.1) is 5.39 Å². The fraction of sp³-hybridized carbons (Fsp3) is 0.316. The van der Waals surface area contributed by atoms with Crippen molar-refractivity contribution in [2.24, 2.45) is 5.73 Å². The number of phenolic OH excluding ortho intramolecular Hbond substituents is 1. The molecule has 0 fully saturated rings. The average molecular weight is 358 g/mol. The van der Waals surface area contributed by atoms with E-state index in [1.54, 1.807) is 24.3 Å². The lowest BCUT2D eigenvalue weighted by molar-refractivity contribution is 0.106. The molecule has 7 nitrogen and oxygen atoms in total. The van der Waals surface area contributed by atoms with Crippen molar-refractivity contribution in [3.63, 3.8) is 0 Å². The second-order valence-corrected chi connectivity index (χ2v) is 6.05. The van der Waals surface area contributed by atoms with E-state index in [1.807, 2.05) is 0 Å². The predicted molar refractivity (Wildman–Crippen MR) is 99.7 cm³/mol. The minimum absolute atomic E-state index is 0.0401. The topological polar surface area (TPSA) is 118 Å². The lowest BCUT2D eigenvalue weighted by Gasteiger charge is -2.14. The van der Waals surface area contributed by atoms with Gasteiger partial charge in [-0.25, -0.2) is 0 Å². The Kier molecular flexibility index (Phi) is 5.72. The summed E-state index contributed by atoms with van der Waals surface area (Å²) in [5.74, 6) is 0.0991. The van der Waals surface area contributed by atoms with Crippen LogP contribution >= 0.6 is 0 Å². The highest BCUT2D eigenvalue weighted by atomic mass is 16.5. The normalized spacial score (nSPS) is 12.5. The van der Waals surface area contributed by atoms with Gasteiger partial charge in [-0.15, -0.1) is 0 Å². The molecule has 0 amide bonds. The number of nitrogens with one attached hydrogen (secondary N) is 1. The lowest BCUT2D eigenvalue weighted by atomic mass is 10.1. The largest absolute Gasteiger partial charge is 0.507 e. The van der Waals surface area contributed by atoms with Crippen LogP contribution in [0.25, 0.3) is 21.9 Å². The number of fused-ring (bicyclic) bond motifs is 2. The molecule has 1 atom stereocenters. The molecule has 0 saturated carbocycles. The highest BCUT2D eigenvalue weighted by Gasteiger charge is 2.14. The molecule has 0 aliphatic carbocycles. The Morgan fingerprint density at radius 3 is 2.85 bits per heavy atom. The summed E-state index contributed by atoms with van der Waals surface area (Å²) in [6.45, 7) is 1.73. The van der Waals surface area contributed by atoms with E-state index in [-0.39, 0.29) is 28.8 Å². The van der Waals surface area contributed by atoms with Crippen LogP contribution in [0.1, 0.15) is 6.42 Å². The Morgan fingerprint density at radius 2 is 2.04 bits per heavy atom. The molecule has 0 aliphatic rings. The van der Waals surface area contributed by atoms with Gasteiger partial charge in [-0.05, 0) is 31.6 Å². The summed E-state index contributed by atoms with van der Waals surface area (Å²) in [6.07, 6.45) is 0.119. The Bertz CT molecular complexity index is 954. The zero-order chi connectivity index (χ0) is 18.5. The highest BCUT2D eigenvalue weighted by Crippen LogP contribution is 2.30. The van der Waals surface area contributed by atoms with E-state index < -0.39 is 6.10 Å². The van der Waals surface area contributed by atoms with E-state index in [2.05, 4.69) is 5.32 Å². The van der Waals surface area contributed by atoms with Crippen LogP contribution in [-0.2, 0) is 0 Å². The molecule has 1 heterocycles. The van der Waals surface area contributed by atoms with Crippen LogP contribution in [0.15, 0.2) is 45.6 Å². The van der Waals surface area contributed by atoms with E-state index in [4.69, 9.17) is 14.9 Å². The van der Waals surface area contributed by atoms with Gasteiger partial charge >= 0.3 is 0 Å². The quantitative estimate of drug-likeness (QED) is 0.354. The zero-order valence-corrected chi connectivity index (χ0v) is 14.3. The SMILES string of the molecule is NCCCNCC(O)COc1cc(O)c2c(=O)c3ccccc3oc2c1. The smallest absolute Gasteiger partial charge is 0.204 e. The van der Waals surface area contributed by atoms with Crippen LogP contribution in [0.4, 0.5) is 0 Å². The van der Waals surface area contributed by atoms with Crippen LogP contribution in [0.2, 0.25) is 0 Å². The van der Waals surface area contributed by atoms with Crippen molar-refractivity contribution in [2.45, 2.75) is 12.5 Å². The van der Waals surface area contributed by atoms with E-state index in [0.717, 1.165) is 13.0 Å². The van der Waals surface area contributed by atoms with Crippen molar-refractivity contribution >= 4 is 21.9 Å². The Labute approximate surface area is 150 Å². The fourth-order valence-corrected chi connectivity index (χ4v) is 2.71. The van der Waals surface area contributed by atoms with E-state index in [9.17, 15) is 15.0 Å². The van der Waals surface area contributed by atoms with Crippen LogP contribution < -0.4 is 21.2 Å². The third-order valence-corrected chi connectivity index (χ3v) is 4.01. The van der Waals surface area contributed by atoms with Crippen molar-refractivity contribution < 1.29 is 19.4 Å². The van der Waals surface area contributed by atoms with Crippen LogP contribution in [0, 0.1) is 0 Å². The van der Waals surface area contributed by atoms with Crippen molar-refractivity contribution in [1.82, 2.24) is 5.32 Å². The molecular formula is C19H22N2O5. The number of hydrogen-bond donors (Lipinski definition) is 4. The molecule has 0 aliphatic heterocycles. The van der Waals surface area contributed by atoms with Crippen molar-refractivity contribution in [3.05, 3.63) is 46.6 Å². The summed E-state index contributed by atoms with van der Waals surface area (Å²) >= 11 is 0. The summed E-state index contributed by atoms with van der Waals surface area (Å²) in [5.41, 5.74) is 5.78. The summed E-state index contributed by atoms with van der Waals surface area (Å²) in [4.78, 5) is 12.5. The van der Waals surface area contributed by atoms with Gasteiger partial charge in [-0.3, -0.25) is 4.79 Å². The number of rotatable bonds is 8. The van der Waals surface area contributed by atoms with Gasteiger partial charge in [0.1, 0.15) is 40.8 Å². The number of aromatic hydroxyl groups is 1. The van der Waals surface area contributed by atoms with E-state index in [0.29, 0.717) is 29.8 Å². The molecule has 26 heavy (non-hydrogen) atoms. The minimum atomic E-state index is -0.714. The summed E-state index contributed by atoms with van der Waals surface area (Å²) < 4.78 is 11.2. The summed E-state index contributed by atoms with van der Waals surface area (Å²) in [6, 6.07) is 9.74. The molecule has 2 aromatic carbocycles. The predicted octanol–water partition coefficient (Wildman–Crippen LogP) is 1.33. The average Bonchev–Trinajstić information content (AvgIpc) is 2.63. The molecule has 138 valence electrons. The van der Waals surface area contributed by atoms with Gasteiger partial charge in [-0.1, -0.05) is 12.1 Å². The van der Waals surface area contributed by atoms with E-state index >= 15 is 0 Å². The number of aliphatic hydroxyl groups is 1. The Hall–Kier alpha value is -2.61. The molecule has 0 saturated heterocycles. The van der Waals surface area contributed by atoms with Gasteiger partial charge in [-0.2, -0.15) is 0 Å². The second-order valence-electron chi connectivity index (χ2n) is 6.05. The molecule has 1 aromatic heterocycles. The maximum Gasteiger partial charge on any atom is 0.204 e. The third kappa shape index (κ3) is 3.96. The minimum Gasteiger partial charge on any atom is -0.507 e. The van der Waals surface area contributed by atoms with Crippen molar-refractivity contribution in [1.29, 1.82) is 0 Å². The number of aliphatic hydroxyl groups excluding tert-OH is 1. The van der Waals surface area contributed by atoms with Gasteiger partial charge < -0.3 is 30.4 Å². The highest BCUT2D eigenvalue weighted by molar-refractivity contribution is 5.93. The van der Waals surface area contributed by atoms with E-state index in [1.165, 1.54) is 12.1 Å². The molecule has 0 radical (unpaired) electrons. The van der Waals surface area contributed by atoms with Crippen LogP contribution in [0.3, 0.4) is 0 Å². The molecule has 1 unspecified atom stereocenters. The zero-order valence-electron chi connectivity index (χ0n) is 14.3. The maximum absolute atomic E-state index is 12.5. The van der Waals surface area contributed by atoms with Gasteiger partial charge in [0.2, 0.25) is 5.43 Å².